The van der Waals surface area contributed by atoms with Crippen molar-refractivity contribution in [3.05, 3.63) is 82.0 Å². The number of hydrogen-bond donors (Lipinski definition) is 2. The van der Waals surface area contributed by atoms with E-state index in [-0.39, 0.29) is 35.8 Å². The first-order valence-electron chi connectivity index (χ1n) is 11.7. The van der Waals surface area contributed by atoms with E-state index in [0.717, 1.165) is 9.96 Å². The third-order valence-corrected chi connectivity index (χ3v) is 7.59. The molecule has 2 aromatic rings. The number of esters is 1. The predicted octanol–water partition coefficient (Wildman–Crippen LogP) is 2.22. The lowest BCUT2D eigenvalue weighted by Gasteiger charge is -2.49. The Labute approximate surface area is 232 Å². The molecule has 2 atom stereocenters. The average molecular weight is 574 g/mol. The van der Waals surface area contributed by atoms with Crippen molar-refractivity contribution in [1.82, 2.24) is 15.3 Å². The van der Waals surface area contributed by atoms with Gasteiger partial charge >= 0.3 is 11.9 Å². The smallest absolute Gasteiger partial charge is 0.352 e. The van der Waals surface area contributed by atoms with E-state index in [9.17, 15) is 29.1 Å². The van der Waals surface area contributed by atoms with Crippen LogP contribution in [-0.2, 0) is 35.4 Å². The molecule has 1 unspecified atom stereocenters. The number of carbonyl (C=O) groups excluding carboxylic acids is 4. The normalized spacial score (nSPS) is 18.1. The number of fused-ring (bicyclic) bond motifs is 1. The second-order valence-corrected chi connectivity index (χ2v) is 10.1. The molecule has 0 aromatic heterocycles. The number of rotatable bonds is 10. The van der Waals surface area contributed by atoms with Gasteiger partial charge in [-0.25, -0.2) is 9.86 Å². The topological polar surface area (TPSA) is 143 Å². The molecule has 1 fully saturated rings. The quantitative estimate of drug-likeness (QED) is 0.248. The van der Waals surface area contributed by atoms with Gasteiger partial charge in [-0.1, -0.05) is 48.0 Å². The van der Waals surface area contributed by atoms with Crippen LogP contribution in [0.2, 0.25) is 5.02 Å². The molecule has 2 aliphatic heterocycles. The molecule has 2 aromatic carbocycles. The minimum Gasteiger partial charge on any atom is -0.477 e. The summed E-state index contributed by atoms with van der Waals surface area (Å²) in [5, 5.41) is 12.9. The van der Waals surface area contributed by atoms with Crippen LogP contribution in [0, 0.1) is 0 Å². The lowest BCUT2D eigenvalue weighted by Crippen LogP contribution is -2.71. The summed E-state index contributed by atoms with van der Waals surface area (Å²) in [7, 11) is 0. The fourth-order valence-corrected chi connectivity index (χ4v) is 5.51. The second-order valence-electron chi connectivity index (χ2n) is 8.57. The number of hydrogen-bond acceptors (Lipinski definition) is 8. The van der Waals surface area contributed by atoms with Gasteiger partial charge < -0.3 is 15.2 Å². The molecule has 0 radical (unpaired) electrons. The highest BCUT2D eigenvalue weighted by Gasteiger charge is 2.54. The number of carboxylic acids is 1. The van der Waals surface area contributed by atoms with Gasteiger partial charge in [-0.3, -0.25) is 28.9 Å². The van der Waals surface area contributed by atoms with E-state index in [2.05, 4.69) is 5.32 Å². The molecule has 0 spiro atoms. The van der Waals surface area contributed by atoms with Crippen LogP contribution in [0.5, 0.6) is 0 Å². The van der Waals surface area contributed by atoms with Crippen molar-refractivity contribution in [2.75, 3.05) is 18.9 Å². The van der Waals surface area contributed by atoms with Crippen LogP contribution in [0.25, 0.3) is 0 Å². The summed E-state index contributed by atoms with van der Waals surface area (Å²) in [6.07, 6.45) is 0. The van der Waals surface area contributed by atoms with Crippen molar-refractivity contribution < 1.29 is 38.7 Å². The number of benzene rings is 2. The van der Waals surface area contributed by atoms with Gasteiger partial charge in [-0.2, -0.15) is 0 Å². The first-order valence-corrected chi connectivity index (χ1v) is 13.2. The zero-order chi connectivity index (χ0) is 28.1. The molecule has 0 aliphatic carbocycles. The Morgan fingerprint density at radius 3 is 2.46 bits per heavy atom. The van der Waals surface area contributed by atoms with Gasteiger partial charge in [0.15, 0.2) is 0 Å². The summed E-state index contributed by atoms with van der Waals surface area (Å²) in [5.74, 6) is -3.61. The van der Waals surface area contributed by atoms with Gasteiger partial charge in [0.25, 0.3) is 11.8 Å². The third-order valence-electron chi connectivity index (χ3n) is 5.88. The summed E-state index contributed by atoms with van der Waals surface area (Å²) >= 11 is 7.42. The number of aliphatic carboxylic acids is 1. The maximum Gasteiger partial charge on any atom is 0.352 e. The Balaban J connectivity index is 1.45. The van der Waals surface area contributed by atoms with Crippen LogP contribution in [0.15, 0.2) is 65.9 Å². The number of amides is 3. The number of halogens is 1. The van der Waals surface area contributed by atoms with E-state index in [1.165, 1.54) is 18.7 Å². The van der Waals surface area contributed by atoms with E-state index in [1.54, 1.807) is 54.6 Å². The van der Waals surface area contributed by atoms with Crippen LogP contribution in [0.3, 0.4) is 0 Å². The fourth-order valence-electron chi connectivity index (χ4n) is 4.00. The average Bonchev–Trinajstić information content (AvgIpc) is 2.92. The summed E-state index contributed by atoms with van der Waals surface area (Å²) in [6, 6.07) is 14.1. The molecule has 4 rings (SSSR count). The molecule has 1 saturated heterocycles. The zero-order valence-corrected chi connectivity index (χ0v) is 22.2. The van der Waals surface area contributed by atoms with Crippen LogP contribution in [0.1, 0.15) is 22.8 Å². The van der Waals surface area contributed by atoms with E-state index in [4.69, 9.17) is 21.2 Å². The lowest BCUT2D eigenvalue weighted by molar-refractivity contribution is -0.157. The minimum absolute atomic E-state index is 0.0853. The van der Waals surface area contributed by atoms with Crippen molar-refractivity contribution in [3.63, 3.8) is 0 Å². The molecule has 39 heavy (non-hydrogen) atoms. The molecule has 2 N–H and O–H groups in total. The van der Waals surface area contributed by atoms with Gasteiger partial charge in [-0.05, 0) is 23.8 Å². The lowest BCUT2D eigenvalue weighted by atomic mass is 10.0. The van der Waals surface area contributed by atoms with E-state index in [1.807, 2.05) is 0 Å². The number of nitrogens with one attached hydrogen (secondary N) is 1. The number of β-lactam (4-membered cyclic amide) rings is 1. The van der Waals surface area contributed by atoms with Crippen LogP contribution < -0.4 is 5.32 Å². The third kappa shape index (κ3) is 6.41. The Kier molecular flexibility index (Phi) is 8.90. The molecule has 11 nitrogen and oxygen atoms in total. The van der Waals surface area contributed by atoms with E-state index < -0.39 is 47.6 Å². The number of carboxylic acid groups (broad SMARTS) is 1. The van der Waals surface area contributed by atoms with Crippen LogP contribution >= 0.6 is 23.4 Å². The predicted molar refractivity (Wildman–Crippen MR) is 140 cm³/mol. The van der Waals surface area contributed by atoms with Crippen LogP contribution in [0.4, 0.5) is 0 Å². The minimum atomic E-state index is -1.34. The maximum atomic E-state index is 13.1. The highest BCUT2D eigenvalue weighted by atomic mass is 35.5. The Morgan fingerprint density at radius 1 is 1.10 bits per heavy atom. The van der Waals surface area contributed by atoms with Crippen molar-refractivity contribution in [2.24, 2.45) is 0 Å². The monoisotopic (exact) mass is 573 g/mol. The molecule has 204 valence electrons. The number of thioether (sulfide) groups is 1. The van der Waals surface area contributed by atoms with Crippen molar-refractivity contribution >= 4 is 53.0 Å². The van der Waals surface area contributed by atoms with Crippen LogP contribution in [-0.4, -0.2) is 75.1 Å². The van der Waals surface area contributed by atoms with Gasteiger partial charge in [-0.15, -0.1) is 11.8 Å². The Bertz CT molecular complexity index is 1340. The fraction of sp³-hybridized carbons (Fsp3) is 0.269. The first kappa shape index (κ1) is 28.1. The molecule has 2 aliphatic rings. The molecule has 2 heterocycles. The Hall–Kier alpha value is -3.87. The summed E-state index contributed by atoms with van der Waals surface area (Å²) in [5.41, 5.74) is 0.908. The molecular weight excluding hydrogens is 550 g/mol. The van der Waals surface area contributed by atoms with Crippen molar-refractivity contribution in [2.45, 2.75) is 24.9 Å². The van der Waals surface area contributed by atoms with Gasteiger partial charge in [0.2, 0.25) is 5.91 Å². The zero-order valence-electron chi connectivity index (χ0n) is 20.7. The number of hydroxylamine groups is 2. The Morgan fingerprint density at radius 2 is 1.79 bits per heavy atom. The molecule has 13 heteroatoms. The standard InChI is InChI=1S/C26H24ClN3O8S/c1-15(31)37-12-18-14-39-25-21(24(34)30(25)22(18)26(35)36)28-20(32)11-29(23(33)16-7-3-2-4-8-16)38-13-17-9-5-6-10-19(17)27/h2-10,21,25H,11-14H2,1H3,(H,28,32)(H,35,36)/t21-,25?/m1/s1. The molecule has 3 amide bonds. The SMILES string of the molecule is CC(=O)OCC1=C(C(=O)O)N2C(=O)[C@@H](NC(=O)CN(OCc3ccccc3Cl)C(=O)c3ccccc3)C2SC1. The van der Waals surface area contributed by atoms with Crippen molar-refractivity contribution in [3.8, 4) is 0 Å². The van der Waals surface area contributed by atoms with Gasteiger partial charge in [0.1, 0.15) is 36.9 Å². The summed E-state index contributed by atoms with van der Waals surface area (Å²) < 4.78 is 4.92. The molecular formula is C26H24ClN3O8S. The largest absolute Gasteiger partial charge is 0.477 e. The van der Waals surface area contributed by atoms with E-state index >= 15 is 0 Å². The second kappa shape index (κ2) is 12.3. The number of ether oxygens (including phenoxy) is 1. The highest BCUT2D eigenvalue weighted by Crippen LogP contribution is 2.40. The number of nitrogens with zero attached hydrogens (tertiary/aromatic N) is 2. The highest BCUT2D eigenvalue weighted by molar-refractivity contribution is 8.00. The summed E-state index contributed by atoms with van der Waals surface area (Å²) in [4.78, 5) is 68.8. The van der Waals surface area contributed by atoms with Gasteiger partial charge in [0.05, 0.1) is 0 Å². The first-order chi connectivity index (χ1) is 18.7. The maximum absolute atomic E-state index is 13.1. The van der Waals surface area contributed by atoms with Gasteiger partial charge in [0, 0.05) is 28.8 Å². The van der Waals surface area contributed by atoms with E-state index in [0.29, 0.717) is 10.6 Å². The molecule has 0 saturated carbocycles. The number of carbonyl (C=O) groups is 5. The van der Waals surface area contributed by atoms with Crippen molar-refractivity contribution in [1.29, 1.82) is 0 Å². The summed E-state index contributed by atoms with van der Waals surface area (Å²) in [6.45, 7) is 0.331. The molecule has 0 bridgehead atoms.